The molecule has 2 heterocycles. The third-order valence-electron chi connectivity index (χ3n) is 3.81. The molecule has 10 nitrogen and oxygen atoms in total. The van der Waals surface area contributed by atoms with Gasteiger partial charge in [-0.05, 0) is 12.5 Å². The highest BCUT2D eigenvalue weighted by atomic mass is 19.4. The molecule has 36 heavy (non-hydrogen) atoms. The fraction of sp³-hybridized carbons (Fsp3) is 0.250. The zero-order chi connectivity index (χ0) is 27.4. The van der Waals surface area contributed by atoms with Crippen LogP contribution in [0.25, 0.3) is 11.3 Å². The molecular weight excluding hydrogens is 504 g/mol. The van der Waals surface area contributed by atoms with Crippen LogP contribution in [0, 0.1) is 0 Å². The Hall–Kier alpha value is -4.37. The third-order valence-corrected chi connectivity index (χ3v) is 3.81. The molecule has 0 saturated carbocycles. The second-order valence-corrected chi connectivity index (χ2v) is 6.55. The van der Waals surface area contributed by atoms with E-state index in [1.54, 1.807) is 18.6 Å². The van der Waals surface area contributed by atoms with Crippen molar-refractivity contribution < 1.29 is 50.9 Å². The molecule has 0 atom stereocenters. The van der Waals surface area contributed by atoms with E-state index in [0.29, 0.717) is 12.2 Å². The number of carboxylic acid groups (broad SMARTS) is 2. The number of aryl methyl sites for hydroxylation is 1. The summed E-state index contributed by atoms with van der Waals surface area (Å²) in [6.07, 6.45) is -3.90. The highest BCUT2D eigenvalue weighted by molar-refractivity contribution is 5.93. The van der Waals surface area contributed by atoms with E-state index in [0.717, 1.165) is 24.2 Å². The average molecular weight is 523 g/mol. The number of imidazole rings is 1. The Bertz CT molecular complexity index is 1070. The molecule has 16 heteroatoms. The van der Waals surface area contributed by atoms with Crippen LogP contribution >= 0.6 is 0 Å². The Kier molecular flexibility index (Phi) is 11.1. The van der Waals surface area contributed by atoms with Crippen molar-refractivity contribution in [2.45, 2.75) is 25.3 Å². The number of aliphatic carboxylic acids is 2. The fourth-order valence-electron chi connectivity index (χ4n) is 2.17. The Morgan fingerprint density at radius 1 is 0.972 bits per heavy atom. The normalized spacial score (nSPS) is 10.8. The minimum atomic E-state index is -5.08. The van der Waals surface area contributed by atoms with Crippen LogP contribution in [-0.4, -0.2) is 66.7 Å². The van der Waals surface area contributed by atoms with E-state index in [1.807, 2.05) is 41.1 Å². The van der Waals surface area contributed by atoms with Gasteiger partial charge in [0.05, 0.1) is 12.0 Å². The predicted octanol–water partition coefficient (Wildman–Crippen LogP) is 3.36. The van der Waals surface area contributed by atoms with Gasteiger partial charge in [0.15, 0.2) is 0 Å². The number of H-pyrrole nitrogens is 1. The lowest BCUT2D eigenvalue weighted by molar-refractivity contribution is -0.193. The summed E-state index contributed by atoms with van der Waals surface area (Å²) >= 11 is 0. The molecule has 0 fully saturated rings. The first kappa shape index (κ1) is 29.7. The molecule has 196 valence electrons. The van der Waals surface area contributed by atoms with E-state index < -0.39 is 24.3 Å². The predicted molar refractivity (Wildman–Crippen MR) is 111 cm³/mol. The molecule has 0 aliphatic heterocycles. The number of hydrogen-bond acceptors (Lipinski definition) is 5. The van der Waals surface area contributed by atoms with E-state index in [1.165, 1.54) is 0 Å². The van der Waals surface area contributed by atoms with Crippen molar-refractivity contribution >= 4 is 17.8 Å². The van der Waals surface area contributed by atoms with Gasteiger partial charge < -0.3 is 20.1 Å². The van der Waals surface area contributed by atoms with Gasteiger partial charge in [-0.3, -0.25) is 9.89 Å². The number of carbonyl (C=O) groups is 3. The highest BCUT2D eigenvalue weighted by Gasteiger charge is 2.38. The van der Waals surface area contributed by atoms with Crippen LogP contribution in [0.4, 0.5) is 26.3 Å². The maximum absolute atomic E-state index is 12.0. The third kappa shape index (κ3) is 11.2. The second-order valence-electron chi connectivity index (χ2n) is 6.55. The number of carboxylic acids is 2. The van der Waals surface area contributed by atoms with Crippen molar-refractivity contribution in [2.75, 3.05) is 6.54 Å². The molecule has 4 N–H and O–H groups in total. The summed E-state index contributed by atoms with van der Waals surface area (Å²) in [6.45, 7) is 1.44. The van der Waals surface area contributed by atoms with Crippen molar-refractivity contribution in [2.24, 2.45) is 0 Å². The zero-order valence-electron chi connectivity index (χ0n) is 18.0. The number of aromatic amines is 1. The van der Waals surface area contributed by atoms with Crippen LogP contribution in [0.5, 0.6) is 0 Å². The number of nitrogens with zero attached hydrogens (tertiary/aromatic N) is 3. The first-order chi connectivity index (χ1) is 16.7. The quantitative estimate of drug-likeness (QED) is 0.286. The van der Waals surface area contributed by atoms with E-state index in [2.05, 4.69) is 20.5 Å². The maximum Gasteiger partial charge on any atom is 0.490 e. The van der Waals surface area contributed by atoms with Gasteiger partial charge in [-0.25, -0.2) is 14.6 Å². The van der Waals surface area contributed by atoms with Crippen molar-refractivity contribution in [3.8, 4) is 11.3 Å². The maximum atomic E-state index is 12.0. The topological polar surface area (TPSA) is 150 Å². The van der Waals surface area contributed by atoms with Crippen LogP contribution in [-0.2, 0) is 16.1 Å². The summed E-state index contributed by atoms with van der Waals surface area (Å²) in [5.41, 5.74) is 2.23. The Morgan fingerprint density at radius 2 is 1.53 bits per heavy atom. The molecule has 0 aliphatic carbocycles. The van der Waals surface area contributed by atoms with Crippen LogP contribution in [0.3, 0.4) is 0 Å². The number of carbonyl (C=O) groups excluding carboxylic acids is 1. The lowest BCUT2D eigenvalue weighted by Gasteiger charge is -2.04. The van der Waals surface area contributed by atoms with E-state index >= 15 is 0 Å². The molecular formula is C20H19F6N5O5. The molecule has 0 aliphatic rings. The van der Waals surface area contributed by atoms with Gasteiger partial charge in [-0.1, -0.05) is 30.3 Å². The molecule has 0 bridgehead atoms. The number of rotatable bonds is 6. The average Bonchev–Trinajstić information content (AvgIpc) is 3.49. The summed E-state index contributed by atoms with van der Waals surface area (Å²) in [5.74, 6) is -5.65. The monoisotopic (exact) mass is 523 g/mol. The van der Waals surface area contributed by atoms with Crippen molar-refractivity contribution in [1.82, 2.24) is 25.1 Å². The molecule has 3 rings (SSSR count). The standard InChI is InChI=1S/C16H17N5O.2C2HF3O2/c22-16(18-7-4-9-21-10-8-17-12-21)15-11-14(19-20-15)13-5-2-1-3-6-13;2*3-2(4,5)1(6)7/h1-3,5-6,8,10-12H,4,7,9H2,(H,18,22)(H,19,20);2*(H,6,7). The Labute approximate surface area is 198 Å². The molecule has 2 aromatic heterocycles. The number of amides is 1. The van der Waals surface area contributed by atoms with Gasteiger partial charge >= 0.3 is 24.3 Å². The van der Waals surface area contributed by atoms with Gasteiger partial charge in [0.2, 0.25) is 0 Å². The summed E-state index contributed by atoms with van der Waals surface area (Å²) in [4.78, 5) is 33.8. The van der Waals surface area contributed by atoms with Crippen molar-refractivity contribution in [3.63, 3.8) is 0 Å². The van der Waals surface area contributed by atoms with Gasteiger partial charge in [0, 0.05) is 31.0 Å². The lowest BCUT2D eigenvalue weighted by Crippen LogP contribution is -2.25. The fourth-order valence-corrected chi connectivity index (χ4v) is 2.17. The Morgan fingerprint density at radius 3 is 2.00 bits per heavy atom. The highest BCUT2D eigenvalue weighted by Crippen LogP contribution is 2.17. The largest absolute Gasteiger partial charge is 0.490 e. The van der Waals surface area contributed by atoms with Gasteiger partial charge in [0.1, 0.15) is 5.69 Å². The summed E-state index contributed by atoms with van der Waals surface area (Å²) in [5, 5.41) is 24.1. The first-order valence-electron chi connectivity index (χ1n) is 9.66. The summed E-state index contributed by atoms with van der Waals surface area (Å²) < 4.78 is 65.5. The molecule has 3 aromatic rings. The number of aromatic nitrogens is 4. The number of nitrogens with one attached hydrogen (secondary N) is 2. The summed E-state index contributed by atoms with van der Waals surface area (Å²) in [7, 11) is 0. The van der Waals surface area contributed by atoms with Crippen molar-refractivity contribution in [3.05, 3.63) is 60.8 Å². The van der Waals surface area contributed by atoms with Gasteiger partial charge in [0.25, 0.3) is 5.91 Å². The number of benzene rings is 1. The molecule has 0 spiro atoms. The lowest BCUT2D eigenvalue weighted by atomic mass is 10.1. The molecule has 0 saturated heterocycles. The van der Waals surface area contributed by atoms with Crippen LogP contribution in [0.1, 0.15) is 16.9 Å². The smallest absolute Gasteiger partial charge is 0.475 e. The van der Waals surface area contributed by atoms with Gasteiger partial charge in [-0.2, -0.15) is 31.4 Å². The molecule has 1 amide bonds. The van der Waals surface area contributed by atoms with E-state index in [9.17, 15) is 31.1 Å². The van der Waals surface area contributed by atoms with Crippen LogP contribution in [0.15, 0.2) is 55.1 Å². The number of hydrogen-bond donors (Lipinski definition) is 4. The van der Waals surface area contributed by atoms with Crippen LogP contribution < -0.4 is 5.32 Å². The molecule has 0 unspecified atom stereocenters. The molecule has 1 aromatic carbocycles. The minimum absolute atomic E-state index is 0.139. The zero-order valence-corrected chi connectivity index (χ0v) is 18.0. The second kappa shape index (κ2) is 13.5. The number of halogens is 6. The summed E-state index contributed by atoms with van der Waals surface area (Å²) in [6, 6.07) is 11.5. The Balaban J connectivity index is 0.000000383. The minimum Gasteiger partial charge on any atom is -0.475 e. The molecule has 0 radical (unpaired) electrons. The van der Waals surface area contributed by atoms with E-state index in [4.69, 9.17) is 19.8 Å². The first-order valence-corrected chi connectivity index (χ1v) is 9.66. The number of alkyl halides is 6. The van der Waals surface area contributed by atoms with Crippen molar-refractivity contribution in [1.29, 1.82) is 0 Å². The SMILES string of the molecule is O=C(NCCCn1ccnc1)c1cc(-c2ccccc2)n[nH]1.O=C(O)C(F)(F)F.O=C(O)C(F)(F)F. The van der Waals surface area contributed by atoms with Gasteiger partial charge in [-0.15, -0.1) is 0 Å². The van der Waals surface area contributed by atoms with E-state index in [-0.39, 0.29) is 5.91 Å². The van der Waals surface area contributed by atoms with Crippen LogP contribution in [0.2, 0.25) is 0 Å².